The maximum absolute atomic E-state index is 13.6. The molecule has 36 heavy (non-hydrogen) atoms. The molecule has 0 aromatic heterocycles. The number of hydrogen-bond acceptors (Lipinski definition) is 4. The van der Waals surface area contributed by atoms with Crippen molar-refractivity contribution in [1.82, 2.24) is 0 Å². The number of ketones is 1. The molecule has 0 spiro atoms. The van der Waals surface area contributed by atoms with Gasteiger partial charge in [0, 0.05) is 25.8 Å². The third kappa shape index (κ3) is 4.95. The molecule has 4 aromatic rings. The van der Waals surface area contributed by atoms with E-state index in [9.17, 15) is 26.4 Å². The van der Waals surface area contributed by atoms with Gasteiger partial charge in [-0.3, -0.25) is 4.79 Å². The van der Waals surface area contributed by atoms with E-state index in [4.69, 9.17) is 3.63 Å². The SMILES string of the molecule is Cc1ccc(S(OS(=O)(=O)C(F)(F)F)(c2ccccc2)c2ccc(C(=O)c3ccccc3)cc2)cc1. The summed E-state index contributed by atoms with van der Waals surface area (Å²) in [7, 11) is -9.43. The van der Waals surface area contributed by atoms with Crippen LogP contribution in [0.2, 0.25) is 0 Å². The highest BCUT2D eigenvalue weighted by atomic mass is 32.3. The Morgan fingerprint density at radius 3 is 1.56 bits per heavy atom. The Bertz CT molecular complexity index is 1450. The zero-order valence-electron chi connectivity index (χ0n) is 19.0. The van der Waals surface area contributed by atoms with Gasteiger partial charge in [-0.1, -0.05) is 66.2 Å². The number of aryl methyl sites for hydroxylation is 1. The summed E-state index contributed by atoms with van der Waals surface area (Å²) in [5.74, 6) is -0.276. The molecule has 1 unspecified atom stereocenters. The predicted molar refractivity (Wildman–Crippen MR) is 132 cm³/mol. The van der Waals surface area contributed by atoms with E-state index in [1.165, 1.54) is 36.4 Å². The fourth-order valence-electron chi connectivity index (χ4n) is 3.60. The molecule has 0 fully saturated rings. The maximum atomic E-state index is 13.6. The number of benzene rings is 4. The zero-order chi connectivity index (χ0) is 26.0. The highest BCUT2D eigenvalue weighted by molar-refractivity contribution is 8.33. The number of rotatable bonds is 7. The van der Waals surface area contributed by atoms with Crippen molar-refractivity contribution in [2.75, 3.05) is 0 Å². The highest BCUT2D eigenvalue weighted by Crippen LogP contribution is 2.70. The van der Waals surface area contributed by atoms with Crippen molar-refractivity contribution in [1.29, 1.82) is 0 Å². The fraction of sp³-hybridized carbons (Fsp3) is 0.0741. The normalized spacial score (nSPS) is 14.6. The third-order valence-corrected chi connectivity index (χ3v) is 10.3. The summed E-state index contributed by atoms with van der Waals surface area (Å²) < 4.78 is 70.9. The van der Waals surface area contributed by atoms with E-state index in [0.29, 0.717) is 11.1 Å². The van der Waals surface area contributed by atoms with Crippen molar-refractivity contribution in [2.24, 2.45) is 0 Å². The van der Waals surface area contributed by atoms with E-state index in [-0.39, 0.29) is 20.5 Å². The average molecular weight is 531 g/mol. The quantitative estimate of drug-likeness (QED) is 0.186. The summed E-state index contributed by atoms with van der Waals surface area (Å²) >= 11 is 0. The first-order valence-corrected chi connectivity index (χ1v) is 13.7. The third-order valence-electron chi connectivity index (χ3n) is 5.39. The summed E-state index contributed by atoms with van der Waals surface area (Å²) in [5, 5.41) is 0. The second kappa shape index (κ2) is 9.93. The van der Waals surface area contributed by atoms with Gasteiger partial charge < -0.3 is 0 Å². The second-order valence-electron chi connectivity index (χ2n) is 7.87. The monoisotopic (exact) mass is 530 g/mol. The van der Waals surface area contributed by atoms with Crippen LogP contribution in [0, 0.1) is 6.92 Å². The largest absolute Gasteiger partial charge is 0.524 e. The zero-order valence-corrected chi connectivity index (χ0v) is 20.6. The van der Waals surface area contributed by atoms with Crippen LogP contribution in [0.5, 0.6) is 0 Å². The molecule has 0 aliphatic heterocycles. The topological polar surface area (TPSA) is 60.4 Å². The van der Waals surface area contributed by atoms with Gasteiger partial charge in [-0.05, 0) is 65.8 Å². The molecule has 0 amide bonds. The highest BCUT2D eigenvalue weighted by Gasteiger charge is 2.52. The summed E-state index contributed by atoms with van der Waals surface area (Å²) in [6, 6.07) is 28.8. The smallest absolute Gasteiger partial charge is 0.289 e. The Morgan fingerprint density at radius 1 is 0.639 bits per heavy atom. The summed E-state index contributed by atoms with van der Waals surface area (Å²) in [6.07, 6.45) is 0. The number of carbonyl (C=O) groups excluding carboxylic acids is 1. The molecule has 0 saturated carbocycles. The van der Waals surface area contributed by atoms with Gasteiger partial charge in [-0.2, -0.15) is 25.2 Å². The minimum atomic E-state index is -6.01. The summed E-state index contributed by atoms with van der Waals surface area (Å²) in [4.78, 5) is 13.6. The Balaban J connectivity index is 1.95. The van der Waals surface area contributed by atoms with E-state index in [1.807, 2.05) is 0 Å². The van der Waals surface area contributed by atoms with Crippen molar-refractivity contribution in [2.45, 2.75) is 27.1 Å². The molecule has 0 bridgehead atoms. The van der Waals surface area contributed by atoms with Crippen molar-refractivity contribution in [3.8, 4) is 0 Å². The van der Waals surface area contributed by atoms with Gasteiger partial charge in [-0.15, -0.1) is 0 Å². The van der Waals surface area contributed by atoms with Crippen LogP contribution in [0.1, 0.15) is 21.5 Å². The van der Waals surface area contributed by atoms with Gasteiger partial charge >= 0.3 is 15.6 Å². The van der Waals surface area contributed by atoms with Crippen LogP contribution in [-0.2, 0) is 13.7 Å². The minimum absolute atomic E-state index is 0.190. The van der Waals surface area contributed by atoms with Crippen molar-refractivity contribution >= 4 is 26.2 Å². The molecule has 4 aromatic carbocycles. The lowest BCUT2D eigenvalue weighted by Crippen LogP contribution is -2.27. The van der Waals surface area contributed by atoms with E-state index in [2.05, 4.69) is 0 Å². The van der Waals surface area contributed by atoms with Crippen LogP contribution in [0.4, 0.5) is 13.2 Å². The number of halogens is 3. The molecule has 0 radical (unpaired) electrons. The van der Waals surface area contributed by atoms with Crippen LogP contribution in [0.3, 0.4) is 0 Å². The first-order valence-electron chi connectivity index (χ1n) is 10.7. The molecular formula is C27H21F3O4S2. The van der Waals surface area contributed by atoms with Gasteiger partial charge in [0.2, 0.25) is 0 Å². The standard InChI is InChI=1S/C27H21F3O4S2/c1-20-12-16-24(17-13-20)35(23-10-6-3-7-11-23,34-36(32,33)27(28,29)30)25-18-14-22(15-19-25)26(31)21-8-4-2-5-9-21/h2-19H,1H3. The molecule has 0 aliphatic rings. The Labute approximate surface area is 209 Å². The Hall–Kier alpha value is -3.40. The molecular weight excluding hydrogens is 509 g/mol. The average Bonchev–Trinajstić information content (AvgIpc) is 2.88. The van der Waals surface area contributed by atoms with Crippen molar-refractivity contribution < 1.29 is 30.0 Å². The van der Waals surface area contributed by atoms with E-state index in [1.54, 1.807) is 79.7 Å². The van der Waals surface area contributed by atoms with Crippen LogP contribution >= 0.6 is 10.3 Å². The van der Waals surface area contributed by atoms with Gasteiger partial charge in [-0.25, -0.2) is 0 Å². The molecule has 1 atom stereocenters. The van der Waals surface area contributed by atoms with Gasteiger partial charge in [0.15, 0.2) is 5.78 Å². The van der Waals surface area contributed by atoms with Crippen molar-refractivity contribution in [3.63, 3.8) is 0 Å². The van der Waals surface area contributed by atoms with E-state index >= 15 is 0 Å². The number of hydrogen-bond donors (Lipinski definition) is 0. The van der Waals surface area contributed by atoms with Crippen molar-refractivity contribution in [3.05, 3.63) is 126 Å². The first-order chi connectivity index (χ1) is 17.0. The lowest BCUT2D eigenvalue weighted by molar-refractivity contribution is -0.0496. The summed E-state index contributed by atoms with van der Waals surface area (Å²) in [6.45, 7) is 1.81. The lowest BCUT2D eigenvalue weighted by atomic mass is 10.0. The maximum Gasteiger partial charge on any atom is 0.524 e. The molecule has 0 heterocycles. The predicted octanol–water partition coefficient (Wildman–Crippen LogP) is 7.29. The molecule has 9 heteroatoms. The van der Waals surface area contributed by atoms with Crippen LogP contribution < -0.4 is 0 Å². The Morgan fingerprint density at radius 2 is 1.06 bits per heavy atom. The van der Waals surface area contributed by atoms with Crippen LogP contribution in [0.25, 0.3) is 0 Å². The number of carbonyl (C=O) groups is 1. The first kappa shape index (κ1) is 25.7. The summed E-state index contributed by atoms with van der Waals surface area (Å²) in [5.41, 5.74) is -4.05. The molecule has 0 saturated heterocycles. The minimum Gasteiger partial charge on any atom is -0.289 e. The molecule has 0 N–H and O–H groups in total. The lowest BCUT2D eigenvalue weighted by Gasteiger charge is -2.39. The number of alkyl halides is 3. The Kier molecular flexibility index (Phi) is 7.08. The fourth-order valence-corrected chi connectivity index (χ4v) is 8.32. The van der Waals surface area contributed by atoms with Crippen LogP contribution in [-0.4, -0.2) is 19.7 Å². The molecule has 186 valence electrons. The van der Waals surface area contributed by atoms with Gasteiger partial charge in [0.05, 0.1) is 0 Å². The van der Waals surface area contributed by atoms with E-state index < -0.39 is 25.9 Å². The second-order valence-corrected chi connectivity index (χ2v) is 12.3. The van der Waals surface area contributed by atoms with E-state index in [0.717, 1.165) is 5.56 Å². The van der Waals surface area contributed by atoms with Gasteiger partial charge in [0.1, 0.15) is 0 Å². The molecule has 4 rings (SSSR count). The molecule has 0 aliphatic carbocycles. The molecule has 4 nitrogen and oxygen atoms in total. The van der Waals surface area contributed by atoms with Gasteiger partial charge in [0.25, 0.3) is 0 Å². The van der Waals surface area contributed by atoms with Crippen LogP contribution in [0.15, 0.2) is 124 Å².